The molecule has 11 heteroatoms. The fraction of sp³-hybridized carbons (Fsp3) is 0.192. The average Bonchev–Trinajstić information content (AvgIpc) is 2.82. The van der Waals surface area contributed by atoms with Gasteiger partial charge in [-0.2, -0.15) is 5.10 Å². The number of hydrazone groups is 1. The normalized spacial score (nSPS) is 11.2. The van der Waals surface area contributed by atoms with Crippen LogP contribution in [0.25, 0.3) is 0 Å². The molecule has 0 aliphatic carbocycles. The summed E-state index contributed by atoms with van der Waals surface area (Å²) < 4.78 is 43.9. The lowest BCUT2D eigenvalue weighted by atomic mass is 10.1. The summed E-state index contributed by atoms with van der Waals surface area (Å²) in [6.07, 6.45) is 2.43. The van der Waals surface area contributed by atoms with Crippen LogP contribution in [0.15, 0.2) is 71.8 Å². The van der Waals surface area contributed by atoms with Gasteiger partial charge >= 0.3 is 0 Å². The van der Waals surface area contributed by atoms with Gasteiger partial charge in [-0.25, -0.2) is 18.2 Å². The number of aryl methyl sites for hydroxylation is 2. The SMILES string of the molecule is Cc1cc(C)cc(N(CC(=O)N/N=C\c2ccc(OCC(=O)Nc3ccc(F)cc3)cc2)S(C)(=O)=O)c1. The summed E-state index contributed by atoms with van der Waals surface area (Å²) in [5.41, 5.74) is 5.58. The van der Waals surface area contributed by atoms with Crippen molar-refractivity contribution in [2.45, 2.75) is 13.8 Å². The van der Waals surface area contributed by atoms with Crippen molar-refractivity contribution >= 4 is 39.4 Å². The Balaban J connectivity index is 1.51. The van der Waals surface area contributed by atoms with E-state index in [-0.39, 0.29) is 6.61 Å². The van der Waals surface area contributed by atoms with Crippen LogP contribution in [0.3, 0.4) is 0 Å². The summed E-state index contributed by atoms with van der Waals surface area (Å²) in [5.74, 6) is -0.963. The Kier molecular flexibility index (Phi) is 8.96. The fourth-order valence-electron chi connectivity index (χ4n) is 3.37. The minimum atomic E-state index is -3.70. The molecule has 0 aliphatic heterocycles. The highest BCUT2D eigenvalue weighted by Gasteiger charge is 2.21. The van der Waals surface area contributed by atoms with Crippen LogP contribution in [0.1, 0.15) is 16.7 Å². The van der Waals surface area contributed by atoms with Crippen molar-refractivity contribution in [1.82, 2.24) is 5.43 Å². The molecule has 0 bridgehead atoms. The van der Waals surface area contributed by atoms with Crippen LogP contribution in [-0.4, -0.2) is 45.9 Å². The summed E-state index contributed by atoms with van der Waals surface area (Å²) in [4.78, 5) is 24.3. The average molecular weight is 527 g/mol. The van der Waals surface area contributed by atoms with Crippen molar-refractivity contribution in [2.24, 2.45) is 5.10 Å². The third-order valence-electron chi connectivity index (χ3n) is 4.96. The van der Waals surface area contributed by atoms with Crippen molar-refractivity contribution in [3.63, 3.8) is 0 Å². The van der Waals surface area contributed by atoms with Crippen molar-refractivity contribution in [2.75, 3.05) is 29.0 Å². The molecular formula is C26H27FN4O5S. The van der Waals surface area contributed by atoms with Gasteiger partial charge in [0.1, 0.15) is 18.1 Å². The van der Waals surface area contributed by atoms with E-state index in [1.54, 1.807) is 36.4 Å². The molecule has 0 saturated carbocycles. The smallest absolute Gasteiger partial charge is 0.262 e. The minimum Gasteiger partial charge on any atom is -0.484 e. The number of rotatable bonds is 10. The molecule has 3 aromatic carbocycles. The van der Waals surface area contributed by atoms with Crippen molar-refractivity contribution in [3.05, 3.63) is 89.2 Å². The van der Waals surface area contributed by atoms with E-state index in [0.29, 0.717) is 22.7 Å². The number of halogens is 1. The number of hydrogen-bond donors (Lipinski definition) is 2. The quantitative estimate of drug-likeness (QED) is 0.310. The number of nitrogens with zero attached hydrogens (tertiary/aromatic N) is 2. The first-order valence-corrected chi connectivity index (χ1v) is 13.0. The monoisotopic (exact) mass is 526 g/mol. The van der Waals surface area contributed by atoms with Crippen LogP contribution >= 0.6 is 0 Å². The molecule has 0 atom stereocenters. The first-order chi connectivity index (χ1) is 17.5. The van der Waals surface area contributed by atoms with Crippen molar-refractivity contribution in [1.29, 1.82) is 0 Å². The van der Waals surface area contributed by atoms with Crippen molar-refractivity contribution in [3.8, 4) is 5.75 Å². The zero-order valence-corrected chi connectivity index (χ0v) is 21.4. The van der Waals surface area contributed by atoms with Gasteiger partial charge in [0.25, 0.3) is 11.8 Å². The molecule has 0 heterocycles. The number of carbonyl (C=O) groups is 2. The number of benzene rings is 3. The van der Waals surface area contributed by atoms with Gasteiger partial charge in [0, 0.05) is 5.69 Å². The highest BCUT2D eigenvalue weighted by Crippen LogP contribution is 2.21. The van der Waals surface area contributed by atoms with Gasteiger partial charge in [0.15, 0.2) is 6.61 Å². The second kappa shape index (κ2) is 12.1. The molecule has 2 amide bonds. The number of ether oxygens (including phenoxy) is 1. The highest BCUT2D eigenvalue weighted by molar-refractivity contribution is 7.92. The van der Waals surface area contributed by atoms with E-state index < -0.39 is 34.2 Å². The van der Waals surface area contributed by atoms with E-state index in [4.69, 9.17) is 4.74 Å². The summed E-state index contributed by atoms with van der Waals surface area (Å²) >= 11 is 0. The molecule has 194 valence electrons. The number of nitrogens with one attached hydrogen (secondary N) is 2. The van der Waals surface area contributed by atoms with E-state index in [1.165, 1.54) is 30.5 Å². The Morgan fingerprint density at radius 1 is 0.973 bits per heavy atom. The zero-order chi connectivity index (χ0) is 27.0. The topological polar surface area (TPSA) is 117 Å². The van der Waals surface area contributed by atoms with Gasteiger partial charge < -0.3 is 10.1 Å². The van der Waals surface area contributed by atoms with Gasteiger partial charge in [0.2, 0.25) is 10.0 Å². The predicted molar refractivity (Wildman–Crippen MR) is 141 cm³/mol. The first kappa shape index (κ1) is 27.3. The molecule has 3 rings (SSSR count). The van der Waals surface area contributed by atoms with Gasteiger partial charge in [-0.3, -0.25) is 13.9 Å². The second-order valence-corrected chi connectivity index (χ2v) is 10.2. The molecule has 0 radical (unpaired) electrons. The van der Waals surface area contributed by atoms with Gasteiger partial charge in [0.05, 0.1) is 18.2 Å². The van der Waals surface area contributed by atoms with E-state index >= 15 is 0 Å². The predicted octanol–water partition coefficient (Wildman–Crippen LogP) is 3.38. The molecule has 0 spiro atoms. The summed E-state index contributed by atoms with van der Waals surface area (Å²) in [5, 5.41) is 6.48. The molecule has 9 nitrogen and oxygen atoms in total. The summed E-state index contributed by atoms with van der Waals surface area (Å²) in [6, 6.07) is 17.3. The molecule has 0 unspecified atom stereocenters. The molecule has 0 aliphatic rings. The molecule has 3 aromatic rings. The Hall–Kier alpha value is -4.25. The number of amides is 2. The van der Waals surface area contributed by atoms with Crippen LogP contribution in [0.4, 0.5) is 15.8 Å². The lowest BCUT2D eigenvalue weighted by Gasteiger charge is -2.22. The number of sulfonamides is 1. The van der Waals surface area contributed by atoms with Gasteiger partial charge in [-0.15, -0.1) is 0 Å². The van der Waals surface area contributed by atoms with Crippen LogP contribution in [0, 0.1) is 19.7 Å². The van der Waals surface area contributed by atoms with E-state index in [0.717, 1.165) is 21.7 Å². The Bertz CT molecular complexity index is 1370. The third-order valence-corrected chi connectivity index (χ3v) is 6.10. The first-order valence-electron chi connectivity index (χ1n) is 11.2. The minimum absolute atomic E-state index is 0.238. The highest BCUT2D eigenvalue weighted by atomic mass is 32.2. The molecular weight excluding hydrogens is 499 g/mol. The number of carbonyl (C=O) groups excluding carboxylic acids is 2. The summed E-state index contributed by atoms with van der Waals surface area (Å²) in [6.45, 7) is 3.03. The van der Waals surface area contributed by atoms with Crippen LogP contribution < -0.4 is 19.8 Å². The van der Waals surface area contributed by atoms with Gasteiger partial charge in [-0.05, 0) is 91.2 Å². The maximum atomic E-state index is 12.9. The van der Waals surface area contributed by atoms with Crippen LogP contribution in [-0.2, 0) is 19.6 Å². The third kappa shape index (κ3) is 8.73. The summed E-state index contributed by atoms with van der Waals surface area (Å²) in [7, 11) is -3.70. The standard InChI is InChI=1S/C26H27FN4O5S/c1-18-12-19(2)14-23(13-18)31(37(3,34)35)16-25(32)30-28-15-20-4-10-24(11-5-20)36-17-26(33)29-22-8-6-21(27)7-9-22/h4-15H,16-17H2,1-3H3,(H,29,33)(H,30,32)/b28-15-. The lowest BCUT2D eigenvalue weighted by Crippen LogP contribution is -2.39. The van der Waals surface area contributed by atoms with Crippen LogP contribution in [0.5, 0.6) is 5.75 Å². The maximum absolute atomic E-state index is 12.9. The van der Waals surface area contributed by atoms with E-state index in [1.807, 2.05) is 19.9 Å². The van der Waals surface area contributed by atoms with Crippen molar-refractivity contribution < 1.29 is 27.1 Å². The number of anilines is 2. The zero-order valence-electron chi connectivity index (χ0n) is 20.6. The fourth-order valence-corrected chi connectivity index (χ4v) is 4.21. The maximum Gasteiger partial charge on any atom is 0.262 e. The van der Waals surface area contributed by atoms with E-state index in [2.05, 4.69) is 15.8 Å². The van der Waals surface area contributed by atoms with Gasteiger partial charge in [-0.1, -0.05) is 6.07 Å². The Morgan fingerprint density at radius 2 is 1.59 bits per heavy atom. The molecule has 37 heavy (non-hydrogen) atoms. The molecule has 0 aromatic heterocycles. The largest absolute Gasteiger partial charge is 0.484 e. The lowest BCUT2D eigenvalue weighted by molar-refractivity contribution is -0.119. The molecule has 0 saturated heterocycles. The molecule has 0 fully saturated rings. The Labute approximate surface area is 215 Å². The van der Waals surface area contributed by atoms with E-state index in [9.17, 15) is 22.4 Å². The van der Waals surface area contributed by atoms with Crippen LogP contribution in [0.2, 0.25) is 0 Å². The second-order valence-electron chi connectivity index (χ2n) is 8.32. The Morgan fingerprint density at radius 3 is 2.19 bits per heavy atom. The number of hydrogen-bond acceptors (Lipinski definition) is 6. The molecule has 2 N–H and O–H groups in total.